The summed E-state index contributed by atoms with van der Waals surface area (Å²) in [4.78, 5) is 26.9. The highest BCUT2D eigenvalue weighted by Gasteiger charge is 2.37. The molecule has 6 rings (SSSR count). The van der Waals surface area contributed by atoms with E-state index in [1.807, 2.05) is 18.3 Å². The van der Waals surface area contributed by atoms with Gasteiger partial charge in [0.2, 0.25) is 5.91 Å². The summed E-state index contributed by atoms with van der Waals surface area (Å²) >= 11 is 6.42. The second-order valence-corrected chi connectivity index (χ2v) is 10.8. The molecule has 4 heterocycles. The SMILES string of the molecule is O=C(C1CC1)N1CCCC(C2CCC(Nc3cc(-c4c[nH]c5ncccc45)cc(Cl)n3)CC2)C1. The van der Waals surface area contributed by atoms with E-state index in [1.165, 1.54) is 25.7 Å². The number of H-pyrrole nitrogens is 1. The minimum absolute atomic E-state index is 0.342. The van der Waals surface area contributed by atoms with Gasteiger partial charge in [0.15, 0.2) is 0 Å². The number of aromatic amines is 1. The first-order chi connectivity index (χ1) is 16.6. The van der Waals surface area contributed by atoms with Crippen molar-refractivity contribution in [1.29, 1.82) is 0 Å². The number of amides is 1. The molecule has 7 heteroatoms. The molecule has 3 aromatic heterocycles. The Hall–Kier alpha value is -2.60. The lowest BCUT2D eigenvalue weighted by atomic mass is 9.75. The number of rotatable bonds is 5. The van der Waals surface area contributed by atoms with Gasteiger partial charge >= 0.3 is 0 Å². The number of hydrogen-bond donors (Lipinski definition) is 2. The summed E-state index contributed by atoms with van der Waals surface area (Å²) in [6.45, 7) is 1.95. The predicted octanol–water partition coefficient (Wildman–Crippen LogP) is 5.90. The Balaban J connectivity index is 1.09. The van der Waals surface area contributed by atoms with Crippen molar-refractivity contribution in [3.05, 3.63) is 41.8 Å². The summed E-state index contributed by atoms with van der Waals surface area (Å²) in [6, 6.07) is 8.44. The van der Waals surface area contributed by atoms with Gasteiger partial charge < -0.3 is 15.2 Å². The monoisotopic (exact) mass is 477 g/mol. The third-order valence-electron chi connectivity index (χ3n) is 8.04. The summed E-state index contributed by atoms with van der Waals surface area (Å²) in [5.41, 5.74) is 3.00. The zero-order valence-corrected chi connectivity index (χ0v) is 20.2. The molecule has 34 heavy (non-hydrogen) atoms. The normalized spacial score (nSPS) is 25.4. The van der Waals surface area contributed by atoms with Crippen LogP contribution in [-0.2, 0) is 4.79 Å². The standard InChI is InChI=1S/C27H32ClN5O/c28-24-13-20(23-15-30-26-22(23)4-1-11-29-26)14-25(32-24)31-21-9-7-17(8-10-21)19-3-2-12-33(16-19)27(34)18-5-6-18/h1,4,11,13-15,17-19,21H,2-3,5-10,12,16H2,(H,29,30)(H,31,32). The molecule has 0 spiro atoms. The van der Waals surface area contributed by atoms with Gasteiger partial charge in [-0.1, -0.05) is 11.6 Å². The molecule has 1 amide bonds. The van der Waals surface area contributed by atoms with Crippen molar-refractivity contribution in [2.24, 2.45) is 17.8 Å². The highest BCUT2D eigenvalue weighted by Crippen LogP contribution is 2.38. The number of piperidine rings is 1. The highest BCUT2D eigenvalue weighted by atomic mass is 35.5. The maximum Gasteiger partial charge on any atom is 0.225 e. The van der Waals surface area contributed by atoms with Gasteiger partial charge in [-0.3, -0.25) is 4.79 Å². The Morgan fingerprint density at radius 3 is 2.76 bits per heavy atom. The van der Waals surface area contributed by atoms with Crippen LogP contribution < -0.4 is 5.32 Å². The van der Waals surface area contributed by atoms with E-state index < -0.39 is 0 Å². The molecule has 2 saturated carbocycles. The van der Waals surface area contributed by atoms with Crippen LogP contribution in [0.2, 0.25) is 5.15 Å². The van der Waals surface area contributed by atoms with Crippen molar-refractivity contribution in [2.75, 3.05) is 18.4 Å². The van der Waals surface area contributed by atoms with Gasteiger partial charge in [0, 0.05) is 48.4 Å². The van der Waals surface area contributed by atoms with Crippen LogP contribution in [0.4, 0.5) is 5.82 Å². The average molecular weight is 478 g/mol. The van der Waals surface area contributed by atoms with E-state index in [0.717, 1.165) is 72.7 Å². The molecule has 1 unspecified atom stereocenters. The first kappa shape index (κ1) is 21.9. The molecule has 0 aromatic carbocycles. The Labute approximate surface area is 205 Å². The smallest absolute Gasteiger partial charge is 0.225 e. The number of nitrogens with one attached hydrogen (secondary N) is 2. The number of carbonyl (C=O) groups excluding carboxylic acids is 1. The van der Waals surface area contributed by atoms with Gasteiger partial charge in [-0.05, 0) is 93.0 Å². The molecule has 2 aliphatic carbocycles. The first-order valence-electron chi connectivity index (χ1n) is 12.8. The van der Waals surface area contributed by atoms with Crippen LogP contribution in [0.15, 0.2) is 36.7 Å². The molecule has 0 bridgehead atoms. The molecule has 0 radical (unpaired) electrons. The van der Waals surface area contributed by atoms with Crippen molar-refractivity contribution in [3.8, 4) is 11.1 Å². The predicted molar refractivity (Wildman–Crippen MR) is 136 cm³/mol. The number of nitrogens with zero attached hydrogens (tertiary/aromatic N) is 3. The van der Waals surface area contributed by atoms with Gasteiger partial charge in [0.05, 0.1) is 0 Å². The number of hydrogen-bond acceptors (Lipinski definition) is 4. The van der Waals surface area contributed by atoms with E-state index in [2.05, 4.69) is 37.3 Å². The van der Waals surface area contributed by atoms with Crippen LogP contribution in [0.25, 0.3) is 22.2 Å². The number of aromatic nitrogens is 3. The number of fused-ring (bicyclic) bond motifs is 1. The highest BCUT2D eigenvalue weighted by molar-refractivity contribution is 6.29. The largest absolute Gasteiger partial charge is 0.367 e. The molecular formula is C27H32ClN5O. The van der Waals surface area contributed by atoms with E-state index in [0.29, 0.717) is 28.9 Å². The Bertz CT molecular complexity index is 1180. The van der Waals surface area contributed by atoms with Crippen molar-refractivity contribution < 1.29 is 4.79 Å². The fourth-order valence-electron chi connectivity index (χ4n) is 6.05. The van der Waals surface area contributed by atoms with Crippen LogP contribution >= 0.6 is 11.6 Å². The van der Waals surface area contributed by atoms with E-state index >= 15 is 0 Å². The summed E-state index contributed by atoms with van der Waals surface area (Å²) in [5.74, 6) is 3.00. The molecule has 1 saturated heterocycles. The molecule has 1 aliphatic heterocycles. The van der Waals surface area contributed by atoms with Crippen molar-refractivity contribution >= 4 is 34.4 Å². The lowest BCUT2D eigenvalue weighted by Gasteiger charge is -2.40. The maximum atomic E-state index is 12.5. The first-order valence-corrected chi connectivity index (χ1v) is 13.2. The molecule has 178 valence electrons. The summed E-state index contributed by atoms with van der Waals surface area (Å²) < 4.78 is 0. The molecule has 6 nitrogen and oxygen atoms in total. The van der Waals surface area contributed by atoms with Crippen molar-refractivity contribution in [1.82, 2.24) is 19.9 Å². The minimum Gasteiger partial charge on any atom is -0.367 e. The third-order valence-corrected chi connectivity index (χ3v) is 8.24. The quantitative estimate of drug-likeness (QED) is 0.449. The van der Waals surface area contributed by atoms with Crippen LogP contribution in [0.1, 0.15) is 51.4 Å². The third kappa shape index (κ3) is 4.52. The number of carbonyl (C=O) groups is 1. The maximum absolute atomic E-state index is 12.5. The van der Waals surface area contributed by atoms with Gasteiger partial charge in [-0.25, -0.2) is 9.97 Å². The van der Waals surface area contributed by atoms with Gasteiger partial charge in [0.1, 0.15) is 16.6 Å². The number of pyridine rings is 2. The van der Waals surface area contributed by atoms with E-state index in [9.17, 15) is 4.79 Å². The van der Waals surface area contributed by atoms with Crippen LogP contribution in [0, 0.1) is 17.8 Å². The van der Waals surface area contributed by atoms with E-state index in [-0.39, 0.29) is 0 Å². The second kappa shape index (κ2) is 9.21. The molecule has 3 aromatic rings. The number of halogens is 1. The zero-order chi connectivity index (χ0) is 23.1. The lowest BCUT2D eigenvalue weighted by molar-refractivity contribution is -0.134. The molecule has 3 fully saturated rings. The molecule has 3 aliphatic rings. The number of likely N-dealkylation sites (tertiary alicyclic amines) is 1. The summed E-state index contributed by atoms with van der Waals surface area (Å²) in [7, 11) is 0. The van der Waals surface area contributed by atoms with Crippen LogP contribution in [0.3, 0.4) is 0 Å². The fraction of sp³-hybridized carbons (Fsp3) is 0.519. The Kier molecular flexibility index (Phi) is 5.94. The van der Waals surface area contributed by atoms with Crippen LogP contribution in [0.5, 0.6) is 0 Å². The van der Waals surface area contributed by atoms with Crippen molar-refractivity contribution in [2.45, 2.75) is 57.4 Å². The number of anilines is 1. The van der Waals surface area contributed by atoms with Gasteiger partial charge in [-0.15, -0.1) is 0 Å². The average Bonchev–Trinajstić information content (AvgIpc) is 3.62. The van der Waals surface area contributed by atoms with Crippen LogP contribution in [-0.4, -0.2) is 44.9 Å². The summed E-state index contributed by atoms with van der Waals surface area (Å²) in [6.07, 6.45) is 13.1. The zero-order valence-electron chi connectivity index (χ0n) is 19.5. The minimum atomic E-state index is 0.342. The lowest BCUT2D eigenvalue weighted by Crippen LogP contribution is -2.43. The van der Waals surface area contributed by atoms with Gasteiger partial charge in [-0.2, -0.15) is 0 Å². The molecular weight excluding hydrogens is 446 g/mol. The van der Waals surface area contributed by atoms with E-state index in [1.54, 1.807) is 6.20 Å². The Morgan fingerprint density at radius 2 is 1.94 bits per heavy atom. The topological polar surface area (TPSA) is 73.9 Å². The van der Waals surface area contributed by atoms with Gasteiger partial charge in [0.25, 0.3) is 0 Å². The summed E-state index contributed by atoms with van der Waals surface area (Å²) in [5, 5.41) is 5.24. The second-order valence-electron chi connectivity index (χ2n) is 10.4. The molecule has 2 N–H and O–H groups in total. The van der Waals surface area contributed by atoms with E-state index in [4.69, 9.17) is 11.6 Å². The fourth-order valence-corrected chi connectivity index (χ4v) is 6.26. The molecule has 1 atom stereocenters. The Morgan fingerprint density at radius 1 is 1.09 bits per heavy atom. The van der Waals surface area contributed by atoms with Crippen molar-refractivity contribution in [3.63, 3.8) is 0 Å².